The molecular formula is C17H18ClN5O2. The Hall–Kier alpha value is -2.80. The smallest absolute Gasteiger partial charge is 0.310 e. The molecule has 0 atom stereocenters. The van der Waals surface area contributed by atoms with Gasteiger partial charge in [0.05, 0.1) is 19.6 Å². The van der Waals surface area contributed by atoms with Gasteiger partial charge >= 0.3 is 5.97 Å². The van der Waals surface area contributed by atoms with Crippen molar-refractivity contribution in [3.05, 3.63) is 46.7 Å². The molecule has 130 valence electrons. The molecule has 0 fully saturated rings. The van der Waals surface area contributed by atoms with Crippen LogP contribution in [0.2, 0.25) is 5.15 Å². The minimum absolute atomic E-state index is 0.0258. The minimum Gasteiger partial charge on any atom is -0.466 e. The Bertz CT molecular complexity index is 876. The molecule has 3 rings (SSSR count). The van der Waals surface area contributed by atoms with E-state index in [1.807, 2.05) is 30.3 Å². The molecule has 4 N–H and O–H groups in total. The lowest BCUT2D eigenvalue weighted by Gasteiger charge is -2.12. The Morgan fingerprint density at radius 1 is 1.36 bits per heavy atom. The van der Waals surface area contributed by atoms with E-state index in [4.69, 9.17) is 22.1 Å². The first kappa shape index (κ1) is 17.0. The second-order valence-electron chi connectivity index (χ2n) is 5.42. The van der Waals surface area contributed by atoms with Crippen LogP contribution in [0.1, 0.15) is 18.2 Å². The molecule has 25 heavy (non-hydrogen) atoms. The molecule has 0 bridgehead atoms. The first-order valence-corrected chi connectivity index (χ1v) is 8.22. The maximum atomic E-state index is 11.8. The number of ether oxygens (including phenoxy) is 1. The Morgan fingerprint density at radius 2 is 2.16 bits per heavy atom. The van der Waals surface area contributed by atoms with E-state index in [1.54, 1.807) is 6.92 Å². The lowest BCUT2D eigenvalue weighted by Crippen LogP contribution is -2.14. The Labute approximate surface area is 149 Å². The number of esters is 1. The Kier molecular flexibility index (Phi) is 5.04. The van der Waals surface area contributed by atoms with Crippen LogP contribution in [0, 0.1) is 0 Å². The highest BCUT2D eigenvalue weighted by molar-refractivity contribution is 6.30. The second kappa shape index (κ2) is 7.40. The van der Waals surface area contributed by atoms with Crippen LogP contribution in [0.25, 0.3) is 10.9 Å². The summed E-state index contributed by atoms with van der Waals surface area (Å²) >= 11 is 6.14. The summed E-state index contributed by atoms with van der Waals surface area (Å²) < 4.78 is 4.97. The van der Waals surface area contributed by atoms with E-state index in [-0.39, 0.29) is 17.5 Å². The highest BCUT2D eigenvalue weighted by Gasteiger charge is 2.16. The van der Waals surface area contributed by atoms with Crippen LogP contribution in [-0.2, 0) is 22.5 Å². The lowest BCUT2D eigenvalue weighted by molar-refractivity contribution is -0.142. The lowest BCUT2D eigenvalue weighted by atomic mass is 10.2. The number of carbonyl (C=O) groups excluding carboxylic acids is 1. The van der Waals surface area contributed by atoms with Crippen LogP contribution in [0.4, 0.5) is 11.8 Å². The number of nitrogens with one attached hydrogen (secondary N) is 2. The summed E-state index contributed by atoms with van der Waals surface area (Å²) in [6.45, 7) is 2.51. The minimum atomic E-state index is -0.397. The third-order valence-corrected chi connectivity index (χ3v) is 3.95. The fraction of sp³-hybridized carbons (Fsp3) is 0.235. The van der Waals surface area contributed by atoms with Crippen molar-refractivity contribution in [2.75, 3.05) is 17.7 Å². The van der Waals surface area contributed by atoms with Gasteiger partial charge in [-0.25, -0.2) is 4.98 Å². The van der Waals surface area contributed by atoms with Crippen molar-refractivity contribution < 1.29 is 9.53 Å². The van der Waals surface area contributed by atoms with Crippen molar-refractivity contribution in [1.82, 2.24) is 15.0 Å². The molecule has 0 saturated heterocycles. The number of aromatic amines is 1. The number of benzene rings is 1. The van der Waals surface area contributed by atoms with Crippen LogP contribution < -0.4 is 11.1 Å². The first-order chi connectivity index (χ1) is 12.1. The molecule has 0 aliphatic heterocycles. The molecule has 0 unspecified atom stereocenters. The number of fused-ring (bicyclic) bond motifs is 1. The summed E-state index contributed by atoms with van der Waals surface area (Å²) in [7, 11) is 0. The van der Waals surface area contributed by atoms with Gasteiger partial charge in [-0.2, -0.15) is 4.98 Å². The molecule has 1 aromatic carbocycles. The molecule has 3 aromatic rings. The van der Waals surface area contributed by atoms with E-state index >= 15 is 0 Å². The number of nitrogens with zero attached hydrogens (tertiary/aromatic N) is 2. The van der Waals surface area contributed by atoms with Gasteiger partial charge in [-0.15, -0.1) is 0 Å². The van der Waals surface area contributed by atoms with Crippen molar-refractivity contribution in [3.8, 4) is 0 Å². The number of carbonyl (C=O) groups is 1. The number of hydrogen-bond acceptors (Lipinski definition) is 6. The van der Waals surface area contributed by atoms with Gasteiger partial charge in [0.1, 0.15) is 11.0 Å². The number of rotatable bonds is 6. The molecule has 0 aliphatic carbocycles. The summed E-state index contributed by atoms with van der Waals surface area (Å²) in [5, 5.41) is 4.42. The van der Waals surface area contributed by atoms with Gasteiger partial charge in [0, 0.05) is 16.8 Å². The van der Waals surface area contributed by atoms with Gasteiger partial charge in [0.25, 0.3) is 0 Å². The quantitative estimate of drug-likeness (QED) is 0.461. The maximum absolute atomic E-state index is 11.8. The third-order valence-electron chi connectivity index (χ3n) is 3.63. The van der Waals surface area contributed by atoms with E-state index in [2.05, 4.69) is 20.3 Å². The summed E-state index contributed by atoms with van der Waals surface area (Å²) in [5.74, 6) is 0.0624. The largest absolute Gasteiger partial charge is 0.466 e. The third kappa shape index (κ3) is 4.00. The van der Waals surface area contributed by atoms with Crippen molar-refractivity contribution in [2.45, 2.75) is 19.9 Å². The predicted molar refractivity (Wildman–Crippen MR) is 97.4 cm³/mol. The molecule has 2 heterocycles. The van der Waals surface area contributed by atoms with Crippen LogP contribution in [0.15, 0.2) is 30.3 Å². The first-order valence-electron chi connectivity index (χ1n) is 7.85. The number of anilines is 2. The molecule has 0 radical (unpaired) electrons. The average Bonchev–Trinajstić information content (AvgIpc) is 2.99. The average molecular weight is 360 g/mol. The maximum Gasteiger partial charge on any atom is 0.310 e. The normalized spacial score (nSPS) is 10.8. The van der Waals surface area contributed by atoms with Crippen LogP contribution in [0.5, 0.6) is 0 Å². The van der Waals surface area contributed by atoms with Crippen molar-refractivity contribution in [3.63, 3.8) is 0 Å². The van der Waals surface area contributed by atoms with E-state index in [0.717, 1.165) is 16.6 Å². The number of nitrogens with two attached hydrogens (primary N) is 1. The summed E-state index contributed by atoms with van der Waals surface area (Å²) in [4.78, 5) is 23.2. The molecule has 2 aromatic heterocycles. The highest BCUT2D eigenvalue weighted by Crippen LogP contribution is 2.24. The van der Waals surface area contributed by atoms with Crippen molar-refractivity contribution in [1.29, 1.82) is 0 Å². The summed E-state index contributed by atoms with van der Waals surface area (Å²) in [6.07, 6.45) is -0.0258. The van der Waals surface area contributed by atoms with Gasteiger partial charge in [-0.3, -0.25) is 4.79 Å². The van der Waals surface area contributed by atoms with Gasteiger partial charge in [-0.1, -0.05) is 29.8 Å². The number of hydrogen-bond donors (Lipinski definition) is 3. The Balaban J connectivity index is 1.81. The van der Waals surface area contributed by atoms with Gasteiger partial charge in [-0.05, 0) is 24.4 Å². The molecule has 0 aliphatic rings. The second-order valence-corrected chi connectivity index (χ2v) is 5.77. The molecule has 0 saturated carbocycles. The number of halogens is 1. The molecule has 8 heteroatoms. The van der Waals surface area contributed by atoms with Crippen LogP contribution >= 0.6 is 11.6 Å². The fourth-order valence-corrected chi connectivity index (χ4v) is 2.78. The van der Waals surface area contributed by atoms with E-state index in [9.17, 15) is 4.79 Å². The van der Waals surface area contributed by atoms with Gasteiger partial charge in [0.15, 0.2) is 0 Å². The van der Waals surface area contributed by atoms with E-state index in [1.165, 1.54) is 0 Å². The van der Waals surface area contributed by atoms with Gasteiger partial charge < -0.3 is 20.8 Å². The van der Waals surface area contributed by atoms with Crippen LogP contribution in [0.3, 0.4) is 0 Å². The summed E-state index contributed by atoms with van der Waals surface area (Å²) in [5.41, 5.74) is 8.16. The molecule has 0 amide bonds. The fourth-order valence-electron chi connectivity index (χ4n) is 2.54. The Morgan fingerprint density at radius 3 is 2.92 bits per heavy atom. The predicted octanol–water partition coefficient (Wildman–Crippen LogP) is 2.91. The SMILES string of the molecule is CCOC(=O)Cc1c(Cl)nc(N)nc1NCc1cc2ccccc2[nH]1. The molecular weight excluding hydrogens is 342 g/mol. The van der Waals surface area contributed by atoms with Crippen molar-refractivity contribution >= 4 is 40.2 Å². The number of para-hydroxylation sites is 1. The molecule has 7 nitrogen and oxygen atoms in total. The van der Waals surface area contributed by atoms with Crippen molar-refractivity contribution in [2.24, 2.45) is 0 Å². The molecule has 0 spiro atoms. The number of nitrogen functional groups attached to an aromatic ring is 1. The zero-order valence-corrected chi connectivity index (χ0v) is 14.4. The zero-order valence-electron chi connectivity index (χ0n) is 13.7. The van der Waals surface area contributed by atoms with E-state index in [0.29, 0.717) is 24.5 Å². The zero-order chi connectivity index (χ0) is 17.8. The van der Waals surface area contributed by atoms with Gasteiger partial charge in [0.2, 0.25) is 5.95 Å². The topological polar surface area (TPSA) is 106 Å². The highest BCUT2D eigenvalue weighted by atomic mass is 35.5. The summed E-state index contributed by atoms with van der Waals surface area (Å²) in [6, 6.07) is 10.0. The number of aromatic nitrogens is 3. The van der Waals surface area contributed by atoms with E-state index < -0.39 is 5.97 Å². The van der Waals surface area contributed by atoms with Crippen LogP contribution in [-0.4, -0.2) is 27.5 Å². The monoisotopic (exact) mass is 359 g/mol. The standard InChI is InChI=1S/C17H18ClN5O2/c1-2-25-14(24)8-12-15(18)22-17(19)23-16(12)20-9-11-7-10-5-3-4-6-13(10)21-11/h3-7,21H,2,8-9H2,1H3,(H3,19,20,22,23). The number of H-pyrrole nitrogens is 1.